The Morgan fingerprint density at radius 1 is 1.30 bits per heavy atom. The fourth-order valence-corrected chi connectivity index (χ4v) is 2.44. The highest BCUT2D eigenvalue weighted by Gasteiger charge is 2.18. The van der Waals surface area contributed by atoms with E-state index in [2.05, 4.69) is 10.2 Å². The number of nitrogens with zero attached hydrogens (tertiary/aromatic N) is 2. The first kappa shape index (κ1) is 15.4. The van der Waals surface area contributed by atoms with Crippen molar-refractivity contribution in [1.29, 1.82) is 0 Å². The lowest BCUT2D eigenvalue weighted by Crippen LogP contribution is -2.26. The summed E-state index contributed by atoms with van der Waals surface area (Å²) < 4.78 is 16.0. The van der Waals surface area contributed by atoms with Gasteiger partial charge < -0.3 is 19.1 Å². The summed E-state index contributed by atoms with van der Waals surface area (Å²) in [4.78, 5) is 14.2. The van der Waals surface area contributed by atoms with Crippen molar-refractivity contribution in [2.75, 3.05) is 27.4 Å². The molecule has 0 unspecified atom stereocenters. The fraction of sp³-hybridized carbons (Fsp3) is 0.375. The fourth-order valence-electron chi connectivity index (χ4n) is 2.44. The number of fused-ring (bicyclic) bond motifs is 1. The summed E-state index contributed by atoms with van der Waals surface area (Å²) in [6.07, 6.45) is 0. The smallest absolute Gasteiger partial charge is 0.254 e. The van der Waals surface area contributed by atoms with Gasteiger partial charge in [-0.05, 0) is 24.3 Å². The summed E-state index contributed by atoms with van der Waals surface area (Å²) in [5.41, 5.74) is 2.22. The Morgan fingerprint density at radius 2 is 2.09 bits per heavy atom. The molecule has 1 amide bonds. The maximum atomic E-state index is 12.5. The molecule has 2 heterocycles. The van der Waals surface area contributed by atoms with Gasteiger partial charge in [-0.2, -0.15) is 5.10 Å². The van der Waals surface area contributed by atoms with Crippen molar-refractivity contribution in [3.8, 4) is 11.5 Å². The standard InChI is InChI=1S/C16H19N3O4/c1-19(9-12-8-13(10-21-2)18-17-12)16(20)11-3-4-14-15(7-11)23-6-5-22-14/h3-4,7-8H,5-6,9-10H2,1-2H3,(H,17,18). The van der Waals surface area contributed by atoms with Gasteiger partial charge in [0.15, 0.2) is 11.5 Å². The maximum absolute atomic E-state index is 12.5. The monoisotopic (exact) mass is 317 g/mol. The Bertz CT molecular complexity index is 698. The van der Waals surface area contributed by atoms with Crippen molar-refractivity contribution in [2.24, 2.45) is 0 Å². The second-order valence-electron chi connectivity index (χ2n) is 5.34. The zero-order valence-electron chi connectivity index (χ0n) is 13.2. The van der Waals surface area contributed by atoms with Gasteiger partial charge in [-0.3, -0.25) is 9.89 Å². The second kappa shape index (κ2) is 6.70. The molecule has 0 radical (unpaired) electrons. The Balaban J connectivity index is 1.69. The first-order valence-electron chi connectivity index (χ1n) is 7.34. The van der Waals surface area contributed by atoms with Gasteiger partial charge in [-0.1, -0.05) is 0 Å². The van der Waals surface area contributed by atoms with Crippen molar-refractivity contribution in [3.63, 3.8) is 0 Å². The Morgan fingerprint density at radius 3 is 2.87 bits per heavy atom. The molecule has 1 aromatic carbocycles. The van der Waals surface area contributed by atoms with Crippen LogP contribution in [0.4, 0.5) is 0 Å². The van der Waals surface area contributed by atoms with E-state index in [9.17, 15) is 4.79 Å². The van der Waals surface area contributed by atoms with E-state index in [1.54, 1.807) is 37.3 Å². The summed E-state index contributed by atoms with van der Waals surface area (Å²) in [6.45, 7) is 1.90. The van der Waals surface area contributed by atoms with Gasteiger partial charge in [0.2, 0.25) is 0 Å². The zero-order valence-corrected chi connectivity index (χ0v) is 13.2. The molecule has 0 bridgehead atoms. The van der Waals surface area contributed by atoms with Gasteiger partial charge in [0.1, 0.15) is 13.2 Å². The lowest BCUT2D eigenvalue weighted by molar-refractivity contribution is 0.0782. The number of aromatic amines is 1. The molecule has 1 N–H and O–H groups in total. The average molecular weight is 317 g/mol. The van der Waals surface area contributed by atoms with Crippen molar-refractivity contribution in [1.82, 2.24) is 15.1 Å². The number of aromatic nitrogens is 2. The van der Waals surface area contributed by atoms with Crippen molar-refractivity contribution in [2.45, 2.75) is 13.2 Å². The van der Waals surface area contributed by atoms with Gasteiger partial charge in [-0.25, -0.2) is 0 Å². The number of hydrogen-bond acceptors (Lipinski definition) is 5. The molecule has 0 fully saturated rings. The van der Waals surface area contributed by atoms with Crippen LogP contribution in [-0.2, 0) is 17.9 Å². The van der Waals surface area contributed by atoms with E-state index in [1.807, 2.05) is 6.07 Å². The van der Waals surface area contributed by atoms with Crippen molar-refractivity contribution >= 4 is 5.91 Å². The average Bonchev–Trinajstić information content (AvgIpc) is 3.01. The van der Waals surface area contributed by atoms with E-state index in [1.165, 1.54) is 0 Å². The van der Waals surface area contributed by atoms with Crippen molar-refractivity contribution < 1.29 is 19.0 Å². The van der Waals surface area contributed by atoms with Crippen LogP contribution < -0.4 is 9.47 Å². The van der Waals surface area contributed by atoms with Crippen LogP contribution in [0.25, 0.3) is 0 Å². The zero-order chi connectivity index (χ0) is 16.2. The van der Waals surface area contributed by atoms with Gasteiger partial charge >= 0.3 is 0 Å². The number of amides is 1. The molecule has 7 heteroatoms. The van der Waals surface area contributed by atoms with Gasteiger partial charge in [-0.15, -0.1) is 0 Å². The van der Waals surface area contributed by atoms with Gasteiger partial charge in [0, 0.05) is 19.7 Å². The number of nitrogens with one attached hydrogen (secondary N) is 1. The number of rotatable bonds is 5. The second-order valence-corrected chi connectivity index (χ2v) is 5.34. The molecular formula is C16H19N3O4. The highest BCUT2D eigenvalue weighted by atomic mass is 16.6. The molecule has 3 rings (SSSR count). The molecular weight excluding hydrogens is 298 g/mol. The van der Waals surface area contributed by atoms with E-state index >= 15 is 0 Å². The minimum atomic E-state index is -0.0927. The third kappa shape index (κ3) is 3.45. The van der Waals surface area contributed by atoms with E-state index in [0.717, 1.165) is 11.4 Å². The molecule has 0 saturated carbocycles. The minimum Gasteiger partial charge on any atom is -0.486 e. The summed E-state index contributed by atoms with van der Waals surface area (Å²) >= 11 is 0. The number of hydrogen-bond donors (Lipinski definition) is 1. The van der Waals surface area contributed by atoms with Crippen LogP contribution in [0.2, 0.25) is 0 Å². The van der Waals surface area contributed by atoms with E-state index in [0.29, 0.717) is 43.4 Å². The summed E-state index contributed by atoms with van der Waals surface area (Å²) in [6, 6.07) is 7.12. The highest BCUT2D eigenvalue weighted by Crippen LogP contribution is 2.31. The minimum absolute atomic E-state index is 0.0927. The molecule has 0 spiro atoms. The predicted octanol–water partition coefficient (Wildman–Crippen LogP) is 1.60. The number of H-pyrrole nitrogens is 1. The number of carbonyl (C=O) groups excluding carboxylic acids is 1. The Kier molecular flexibility index (Phi) is 4.47. The summed E-state index contributed by atoms with van der Waals surface area (Å²) in [5.74, 6) is 1.19. The van der Waals surface area contributed by atoms with Crippen LogP contribution in [0.5, 0.6) is 11.5 Å². The van der Waals surface area contributed by atoms with E-state index in [4.69, 9.17) is 14.2 Å². The van der Waals surface area contributed by atoms with Crippen LogP contribution in [0.15, 0.2) is 24.3 Å². The summed E-state index contributed by atoms with van der Waals surface area (Å²) in [5, 5.41) is 7.03. The normalized spacial score (nSPS) is 13.0. The lowest BCUT2D eigenvalue weighted by Gasteiger charge is -2.20. The third-order valence-electron chi connectivity index (χ3n) is 3.52. The lowest BCUT2D eigenvalue weighted by atomic mass is 10.1. The molecule has 0 aliphatic carbocycles. The quantitative estimate of drug-likeness (QED) is 0.906. The molecule has 1 aliphatic rings. The largest absolute Gasteiger partial charge is 0.486 e. The van der Waals surface area contributed by atoms with Crippen LogP contribution >= 0.6 is 0 Å². The molecule has 1 aliphatic heterocycles. The van der Waals surface area contributed by atoms with E-state index < -0.39 is 0 Å². The van der Waals surface area contributed by atoms with Crippen LogP contribution in [0, 0.1) is 0 Å². The number of benzene rings is 1. The molecule has 23 heavy (non-hydrogen) atoms. The number of ether oxygens (including phenoxy) is 3. The maximum Gasteiger partial charge on any atom is 0.254 e. The van der Waals surface area contributed by atoms with E-state index in [-0.39, 0.29) is 5.91 Å². The third-order valence-corrected chi connectivity index (χ3v) is 3.52. The number of carbonyl (C=O) groups is 1. The van der Waals surface area contributed by atoms with Crippen molar-refractivity contribution in [3.05, 3.63) is 41.2 Å². The molecule has 122 valence electrons. The SMILES string of the molecule is COCc1cc(CN(C)C(=O)c2ccc3c(c2)OCCO3)[nH]n1. The molecule has 7 nitrogen and oxygen atoms in total. The first-order valence-corrected chi connectivity index (χ1v) is 7.34. The van der Waals surface area contributed by atoms with Gasteiger partial charge in [0.05, 0.1) is 24.5 Å². The molecule has 2 aromatic rings. The topological polar surface area (TPSA) is 76.7 Å². The number of methoxy groups -OCH3 is 1. The predicted molar refractivity (Wildman–Crippen MR) is 82.5 cm³/mol. The molecule has 0 atom stereocenters. The van der Waals surface area contributed by atoms with Gasteiger partial charge in [0.25, 0.3) is 5.91 Å². The molecule has 1 aromatic heterocycles. The highest BCUT2D eigenvalue weighted by molar-refractivity contribution is 5.94. The summed E-state index contributed by atoms with van der Waals surface area (Å²) in [7, 11) is 3.36. The van der Waals surface area contributed by atoms with Crippen LogP contribution in [0.3, 0.4) is 0 Å². The van der Waals surface area contributed by atoms with Crippen LogP contribution in [-0.4, -0.2) is 48.4 Å². The first-order chi connectivity index (χ1) is 11.2. The Labute approximate surface area is 134 Å². The Hall–Kier alpha value is -2.54. The van der Waals surface area contributed by atoms with Crippen LogP contribution in [0.1, 0.15) is 21.7 Å². The molecule has 0 saturated heterocycles.